The van der Waals surface area contributed by atoms with E-state index < -0.39 is 0 Å². The van der Waals surface area contributed by atoms with Crippen LogP contribution in [0.3, 0.4) is 0 Å². The van der Waals surface area contributed by atoms with E-state index in [2.05, 4.69) is 29.2 Å². The predicted molar refractivity (Wildman–Crippen MR) is 65.3 cm³/mol. The normalized spacial score (nSPS) is 16.7. The molecule has 0 amide bonds. The monoisotopic (exact) mass is 204 g/mol. The van der Waals surface area contributed by atoms with Crippen LogP contribution in [0.1, 0.15) is 24.8 Å². The van der Waals surface area contributed by atoms with Crippen molar-refractivity contribution < 1.29 is 0 Å². The molecule has 1 heterocycles. The van der Waals surface area contributed by atoms with Crippen LogP contribution in [0.15, 0.2) is 24.3 Å². The lowest BCUT2D eigenvalue weighted by molar-refractivity contribution is 0.578. The van der Waals surface area contributed by atoms with Gasteiger partial charge in [0.1, 0.15) is 0 Å². The lowest BCUT2D eigenvalue weighted by Crippen LogP contribution is -2.29. The van der Waals surface area contributed by atoms with E-state index in [-0.39, 0.29) is 0 Å². The number of anilines is 1. The number of rotatable bonds is 3. The molecule has 1 saturated heterocycles. The van der Waals surface area contributed by atoms with Gasteiger partial charge in [0.2, 0.25) is 0 Å². The van der Waals surface area contributed by atoms with Gasteiger partial charge < -0.3 is 10.6 Å². The highest BCUT2D eigenvalue weighted by atomic mass is 15.1. The number of hydrogen-bond acceptors (Lipinski definition) is 2. The summed E-state index contributed by atoms with van der Waals surface area (Å²) in [6.45, 7) is 3.18. The van der Waals surface area contributed by atoms with Crippen molar-refractivity contribution in [2.45, 2.75) is 25.7 Å². The third-order valence-corrected chi connectivity index (χ3v) is 3.09. The molecule has 0 spiro atoms. The van der Waals surface area contributed by atoms with Gasteiger partial charge in [-0.25, -0.2) is 0 Å². The van der Waals surface area contributed by atoms with Gasteiger partial charge in [0.25, 0.3) is 0 Å². The first-order valence-corrected chi connectivity index (χ1v) is 5.94. The molecule has 2 rings (SSSR count). The molecule has 2 nitrogen and oxygen atoms in total. The molecule has 2 N–H and O–H groups in total. The fourth-order valence-electron chi connectivity index (χ4n) is 2.19. The maximum Gasteiger partial charge on any atom is 0.0366 e. The third kappa shape index (κ3) is 2.72. The van der Waals surface area contributed by atoms with Crippen molar-refractivity contribution in [3.05, 3.63) is 29.8 Å². The Labute approximate surface area is 92.1 Å². The predicted octanol–water partition coefficient (Wildman–Crippen LogP) is 2.18. The summed E-state index contributed by atoms with van der Waals surface area (Å²) in [5.41, 5.74) is 8.25. The highest BCUT2D eigenvalue weighted by Crippen LogP contribution is 2.20. The van der Waals surface area contributed by atoms with Gasteiger partial charge in [-0.3, -0.25) is 0 Å². The van der Waals surface area contributed by atoms with Crippen LogP contribution in [0.2, 0.25) is 0 Å². The van der Waals surface area contributed by atoms with Crippen molar-refractivity contribution in [3.8, 4) is 0 Å². The Hall–Kier alpha value is -1.02. The van der Waals surface area contributed by atoms with Crippen LogP contribution in [0.25, 0.3) is 0 Å². The van der Waals surface area contributed by atoms with Crippen LogP contribution >= 0.6 is 0 Å². The molecule has 82 valence electrons. The number of benzene rings is 1. The zero-order valence-electron chi connectivity index (χ0n) is 9.28. The maximum atomic E-state index is 5.53. The van der Waals surface area contributed by atoms with Gasteiger partial charge in [-0.2, -0.15) is 0 Å². The summed E-state index contributed by atoms with van der Waals surface area (Å²) in [4.78, 5) is 2.48. The number of hydrogen-bond donors (Lipinski definition) is 1. The molecule has 0 radical (unpaired) electrons. The molecule has 2 heteroatoms. The number of nitrogens with two attached hydrogens (primary N) is 1. The minimum absolute atomic E-state index is 0.739. The molecule has 1 fully saturated rings. The Kier molecular flexibility index (Phi) is 3.62. The van der Waals surface area contributed by atoms with E-state index in [4.69, 9.17) is 5.73 Å². The zero-order chi connectivity index (χ0) is 10.5. The molecule has 15 heavy (non-hydrogen) atoms. The fraction of sp³-hybridized carbons (Fsp3) is 0.538. The van der Waals surface area contributed by atoms with Gasteiger partial charge in [-0.05, 0) is 49.9 Å². The molecular weight excluding hydrogens is 184 g/mol. The minimum Gasteiger partial charge on any atom is -0.372 e. The van der Waals surface area contributed by atoms with E-state index in [1.807, 2.05) is 0 Å². The first kappa shape index (κ1) is 10.5. The first-order chi connectivity index (χ1) is 7.40. The summed E-state index contributed by atoms with van der Waals surface area (Å²) in [6, 6.07) is 8.88. The Bertz CT molecular complexity index is 286. The average molecular weight is 204 g/mol. The summed E-state index contributed by atoms with van der Waals surface area (Å²) in [7, 11) is 0. The molecule has 1 aliphatic rings. The van der Waals surface area contributed by atoms with Crippen molar-refractivity contribution in [1.82, 2.24) is 0 Å². The molecule has 1 aromatic carbocycles. The minimum atomic E-state index is 0.739. The highest BCUT2D eigenvalue weighted by molar-refractivity contribution is 5.47. The van der Waals surface area contributed by atoms with Crippen molar-refractivity contribution in [1.29, 1.82) is 0 Å². The second kappa shape index (κ2) is 5.17. The molecule has 1 aromatic rings. The molecule has 0 atom stereocenters. The maximum absolute atomic E-state index is 5.53. The smallest absolute Gasteiger partial charge is 0.0366 e. The van der Waals surface area contributed by atoms with Crippen molar-refractivity contribution in [3.63, 3.8) is 0 Å². The molecule has 0 saturated carbocycles. The van der Waals surface area contributed by atoms with Crippen LogP contribution in [0.5, 0.6) is 0 Å². The van der Waals surface area contributed by atoms with Crippen LogP contribution in [0, 0.1) is 0 Å². The second-order valence-corrected chi connectivity index (χ2v) is 4.25. The van der Waals surface area contributed by atoms with Crippen LogP contribution in [-0.2, 0) is 6.42 Å². The Morgan fingerprint density at radius 3 is 2.27 bits per heavy atom. The molecule has 0 unspecified atom stereocenters. The second-order valence-electron chi connectivity index (χ2n) is 4.25. The summed E-state index contributed by atoms with van der Waals surface area (Å²) in [6.07, 6.45) is 5.05. The highest BCUT2D eigenvalue weighted by Gasteiger charge is 2.09. The summed E-state index contributed by atoms with van der Waals surface area (Å²) in [5, 5.41) is 0. The van der Waals surface area contributed by atoms with Crippen molar-refractivity contribution in [2.24, 2.45) is 5.73 Å². The van der Waals surface area contributed by atoms with Gasteiger partial charge in [-0.1, -0.05) is 12.1 Å². The summed E-state index contributed by atoms with van der Waals surface area (Å²) >= 11 is 0. The molecule has 0 aromatic heterocycles. The fourth-order valence-corrected chi connectivity index (χ4v) is 2.19. The largest absolute Gasteiger partial charge is 0.372 e. The van der Waals surface area contributed by atoms with E-state index in [1.54, 1.807) is 0 Å². The van der Waals surface area contributed by atoms with Gasteiger partial charge in [0, 0.05) is 18.8 Å². The van der Waals surface area contributed by atoms with Crippen molar-refractivity contribution >= 4 is 5.69 Å². The zero-order valence-corrected chi connectivity index (χ0v) is 9.28. The van der Waals surface area contributed by atoms with Crippen LogP contribution in [0.4, 0.5) is 5.69 Å². The topological polar surface area (TPSA) is 29.3 Å². The molecule has 1 aliphatic heterocycles. The van der Waals surface area contributed by atoms with Crippen LogP contribution in [-0.4, -0.2) is 19.6 Å². The summed E-state index contributed by atoms with van der Waals surface area (Å²) in [5.74, 6) is 0. The van der Waals surface area contributed by atoms with E-state index in [9.17, 15) is 0 Å². The quantitative estimate of drug-likeness (QED) is 0.817. The average Bonchev–Trinajstić information content (AvgIpc) is 2.32. The van der Waals surface area contributed by atoms with Gasteiger partial charge >= 0.3 is 0 Å². The van der Waals surface area contributed by atoms with E-state index >= 15 is 0 Å². The molecular formula is C13H20N2. The molecule has 0 bridgehead atoms. The lowest BCUT2D eigenvalue weighted by Gasteiger charge is -2.28. The SMILES string of the molecule is NCCc1ccc(N2CCCCC2)cc1. The van der Waals surface area contributed by atoms with Gasteiger partial charge in [-0.15, -0.1) is 0 Å². The summed E-state index contributed by atoms with van der Waals surface area (Å²) < 4.78 is 0. The van der Waals surface area contributed by atoms with Gasteiger partial charge in [0.05, 0.1) is 0 Å². The lowest BCUT2D eigenvalue weighted by atomic mass is 10.1. The third-order valence-electron chi connectivity index (χ3n) is 3.09. The first-order valence-electron chi connectivity index (χ1n) is 5.94. The van der Waals surface area contributed by atoms with E-state index in [1.165, 1.54) is 43.6 Å². The van der Waals surface area contributed by atoms with Crippen LogP contribution < -0.4 is 10.6 Å². The molecule has 0 aliphatic carbocycles. The Morgan fingerprint density at radius 1 is 1.00 bits per heavy atom. The number of piperidine rings is 1. The standard InChI is InChI=1S/C13H20N2/c14-9-8-12-4-6-13(7-5-12)15-10-2-1-3-11-15/h4-7H,1-3,8-11,14H2. The number of nitrogens with zero attached hydrogens (tertiary/aromatic N) is 1. The Balaban J connectivity index is 2.02. The van der Waals surface area contributed by atoms with Crippen molar-refractivity contribution in [2.75, 3.05) is 24.5 Å². The van der Waals surface area contributed by atoms with E-state index in [0.717, 1.165) is 13.0 Å². The van der Waals surface area contributed by atoms with E-state index in [0.29, 0.717) is 0 Å². The Morgan fingerprint density at radius 2 is 1.67 bits per heavy atom. The van der Waals surface area contributed by atoms with Gasteiger partial charge in [0.15, 0.2) is 0 Å².